The second kappa shape index (κ2) is 6.31. The van der Waals surface area contributed by atoms with Crippen molar-refractivity contribution in [3.05, 3.63) is 49.9 Å². The van der Waals surface area contributed by atoms with E-state index in [2.05, 4.69) is 9.59 Å². The molecular weight excluding hydrogens is 395 g/mol. The number of nitrogens with zero attached hydrogens (tertiary/aromatic N) is 4. The van der Waals surface area contributed by atoms with Crippen molar-refractivity contribution in [1.29, 1.82) is 0 Å². The van der Waals surface area contributed by atoms with Gasteiger partial charge in [-0.3, -0.25) is 10.1 Å². The zero-order valence-corrected chi connectivity index (χ0v) is 14.2. The van der Waals surface area contributed by atoms with Crippen molar-refractivity contribution >= 4 is 40.4 Å². The number of phenolic OH excluding ortho intramolecular Hbond substituents is 2. The van der Waals surface area contributed by atoms with Gasteiger partial charge in [0, 0.05) is 17.2 Å². The third-order valence-corrected chi connectivity index (χ3v) is 4.53. The van der Waals surface area contributed by atoms with E-state index in [0.717, 1.165) is 36.1 Å². The van der Waals surface area contributed by atoms with Crippen LogP contribution < -0.4 is 4.73 Å². The Bertz CT molecular complexity index is 987. The molecule has 0 aliphatic rings. The molecule has 0 fully saturated rings. The Kier molecular flexibility index (Phi) is 4.33. The van der Waals surface area contributed by atoms with Gasteiger partial charge in [0.05, 0.1) is 9.80 Å². The van der Waals surface area contributed by atoms with Gasteiger partial charge in [0.2, 0.25) is 5.75 Å². The highest BCUT2D eigenvalue weighted by Gasteiger charge is 2.25. The average molecular weight is 401 g/mol. The van der Waals surface area contributed by atoms with Gasteiger partial charge < -0.3 is 15.4 Å². The topological polar surface area (TPSA) is 136 Å². The maximum absolute atomic E-state index is 11.4. The third-order valence-electron chi connectivity index (χ3n) is 3.21. The molecule has 0 spiro atoms. The van der Waals surface area contributed by atoms with Crippen LogP contribution in [0, 0.1) is 15.3 Å². The fourth-order valence-electron chi connectivity index (χ4n) is 2.14. The lowest BCUT2D eigenvalue weighted by Crippen LogP contribution is -2.24. The standard InChI is InChI=1S/C13H6Cl2N4O5S/c14-6-3-18(22)4-7(15)10(6)13-11(16-17-25-13)5-1-8(19(23)24)12(21)9(20)2-5/h1-4,20-21H. The highest BCUT2D eigenvalue weighted by Crippen LogP contribution is 2.44. The van der Waals surface area contributed by atoms with Gasteiger partial charge in [-0.15, -0.1) is 5.10 Å². The molecule has 2 aromatic heterocycles. The summed E-state index contributed by atoms with van der Waals surface area (Å²) in [6.45, 7) is 0. The van der Waals surface area contributed by atoms with Gasteiger partial charge in [0.15, 0.2) is 18.1 Å². The lowest BCUT2D eigenvalue weighted by Gasteiger charge is -2.07. The molecule has 0 aliphatic heterocycles. The van der Waals surface area contributed by atoms with E-state index >= 15 is 0 Å². The van der Waals surface area contributed by atoms with E-state index in [1.54, 1.807) is 0 Å². The second-order valence-electron chi connectivity index (χ2n) is 4.76. The van der Waals surface area contributed by atoms with Crippen LogP contribution in [-0.4, -0.2) is 24.7 Å². The number of benzene rings is 1. The van der Waals surface area contributed by atoms with E-state index < -0.39 is 22.1 Å². The van der Waals surface area contributed by atoms with Gasteiger partial charge in [-0.25, -0.2) is 0 Å². The highest BCUT2D eigenvalue weighted by atomic mass is 35.5. The third kappa shape index (κ3) is 3.02. The zero-order valence-electron chi connectivity index (χ0n) is 11.9. The summed E-state index contributed by atoms with van der Waals surface area (Å²) in [6, 6.07) is 2.13. The number of nitro groups is 1. The van der Waals surface area contributed by atoms with Crippen LogP contribution in [0.3, 0.4) is 0 Å². The number of pyridine rings is 1. The Labute approximate surface area is 153 Å². The minimum atomic E-state index is -0.860. The number of phenols is 2. The number of nitro benzene ring substituents is 1. The number of aromatic hydroxyl groups is 2. The molecule has 0 bridgehead atoms. The largest absolute Gasteiger partial charge is 0.619 e. The number of halogens is 2. The molecule has 0 radical (unpaired) electrons. The zero-order chi connectivity index (χ0) is 18.3. The Morgan fingerprint density at radius 1 is 1.20 bits per heavy atom. The summed E-state index contributed by atoms with van der Waals surface area (Å²) in [5.41, 5.74) is -0.153. The fraction of sp³-hybridized carbons (Fsp3) is 0. The summed E-state index contributed by atoms with van der Waals surface area (Å²) >= 11 is 13.0. The van der Waals surface area contributed by atoms with Crippen LogP contribution in [0.4, 0.5) is 5.69 Å². The molecule has 0 amide bonds. The van der Waals surface area contributed by atoms with Gasteiger partial charge in [-0.1, -0.05) is 27.7 Å². The summed E-state index contributed by atoms with van der Waals surface area (Å²) in [4.78, 5) is 10.5. The van der Waals surface area contributed by atoms with Crippen LogP contribution in [0.2, 0.25) is 10.0 Å². The van der Waals surface area contributed by atoms with E-state index in [0.29, 0.717) is 9.61 Å². The molecular formula is C13H6Cl2N4O5S. The number of hydrogen-bond donors (Lipinski definition) is 2. The highest BCUT2D eigenvalue weighted by molar-refractivity contribution is 7.10. The van der Waals surface area contributed by atoms with E-state index in [1.165, 1.54) is 0 Å². The molecule has 9 nitrogen and oxygen atoms in total. The van der Waals surface area contributed by atoms with Gasteiger partial charge in [-0.05, 0) is 17.6 Å². The lowest BCUT2D eigenvalue weighted by molar-refractivity contribution is -0.605. The molecule has 2 heterocycles. The number of hydrogen-bond acceptors (Lipinski definition) is 8. The van der Waals surface area contributed by atoms with Crippen LogP contribution >= 0.6 is 34.7 Å². The summed E-state index contributed by atoms with van der Waals surface area (Å²) in [6.07, 6.45) is 2.17. The summed E-state index contributed by atoms with van der Waals surface area (Å²) < 4.78 is 4.21. The first-order valence-corrected chi connectivity index (χ1v) is 7.93. The SMILES string of the molecule is O=[N+]([O-])c1cc(-c2nnsc2-c2c(Cl)c[n+]([O-])cc2Cl)cc(O)c1O. The van der Waals surface area contributed by atoms with E-state index in [-0.39, 0.29) is 26.9 Å². The van der Waals surface area contributed by atoms with Crippen LogP contribution in [0.25, 0.3) is 21.7 Å². The van der Waals surface area contributed by atoms with Gasteiger partial charge in [-0.2, -0.15) is 4.73 Å². The molecule has 0 aliphatic carbocycles. The Balaban J connectivity index is 2.24. The van der Waals surface area contributed by atoms with Gasteiger partial charge in [0.1, 0.15) is 15.7 Å². The predicted molar refractivity (Wildman–Crippen MR) is 89.7 cm³/mol. The molecule has 0 saturated carbocycles. The Morgan fingerprint density at radius 2 is 1.84 bits per heavy atom. The van der Waals surface area contributed by atoms with Crippen molar-refractivity contribution in [2.45, 2.75) is 0 Å². The number of rotatable bonds is 3. The molecule has 3 rings (SSSR count). The van der Waals surface area contributed by atoms with Crippen molar-refractivity contribution in [2.75, 3.05) is 0 Å². The summed E-state index contributed by atoms with van der Waals surface area (Å²) in [5.74, 6) is -1.55. The fourth-order valence-corrected chi connectivity index (χ4v) is 3.65. The predicted octanol–water partition coefficient (Wildman–Crippen LogP) is 3.13. The van der Waals surface area contributed by atoms with Crippen molar-refractivity contribution in [2.24, 2.45) is 0 Å². The molecule has 1 aromatic carbocycles. The smallest absolute Gasteiger partial charge is 0.315 e. The van der Waals surface area contributed by atoms with Crippen molar-refractivity contribution in [1.82, 2.24) is 9.59 Å². The van der Waals surface area contributed by atoms with Crippen molar-refractivity contribution < 1.29 is 19.9 Å². The summed E-state index contributed by atoms with van der Waals surface area (Å²) in [7, 11) is 0. The monoisotopic (exact) mass is 400 g/mol. The lowest BCUT2D eigenvalue weighted by atomic mass is 10.1. The molecule has 128 valence electrons. The summed E-state index contributed by atoms with van der Waals surface area (Å²) in [5, 5.41) is 45.7. The minimum Gasteiger partial charge on any atom is -0.619 e. The normalized spacial score (nSPS) is 10.8. The van der Waals surface area contributed by atoms with Gasteiger partial charge in [0.25, 0.3) is 0 Å². The molecule has 0 unspecified atom stereocenters. The van der Waals surface area contributed by atoms with Crippen molar-refractivity contribution in [3.63, 3.8) is 0 Å². The average Bonchev–Trinajstić information content (AvgIpc) is 2.97. The van der Waals surface area contributed by atoms with Crippen LogP contribution in [0.15, 0.2) is 24.5 Å². The van der Waals surface area contributed by atoms with E-state index in [9.17, 15) is 25.5 Å². The quantitative estimate of drug-likeness (QED) is 0.226. The van der Waals surface area contributed by atoms with E-state index in [1.807, 2.05) is 0 Å². The molecule has 0 saturated heterocycles. The van der Waals surface area contributed by atoms with Crippen LogP contribution in [0.5, 0.6) is 11.5 Å². The first kappa shape index (κ1) is 17.1. The maximum atomic E-state index is 11.4. The van der Waals surface area contributed by atoms with Crippen molar-refractivity contribution in [3.8, 4) is 33.2 Å². The first-order chi connectivity index (χ1) is 11.8. The second-order valence-corrected chi connectivity index (χ2v) is 6.33. The van der Waals surface area contributed by atoms with E-state index in [4.69, 9.17) is 23.2 Å². The first-order valence-electron chi connectivity index (χ1n) is 6.41. The molecule has 2 N–H and O–H groups in total. The minimum absolute atomic E-state index is 0.0345. The van der Waals surface area contributed by atoms with Crippen LogP contribution in [-0.2, 0) is 0 Å². The Hall–Kier alpha value is -2.69. The molecule has 25 heavy (non-hydrogen) atoms. The van der Waals surface area contributed by atoms with Crippen LogP contribution in [0.1, 0.15) is 0 Å². The molecule has 0 atom stereocenters. The maximum Gasteiger partial charge on any atom is 0.315 e. The number of aromatic nitrogens is 3. The van der Waals surface area contributed by atoms with Gasteiger partial charge >= 0.3 is 5.69 Å². The Morgan fingerprint density at radius 3 is 2.44 bits per heavy atom. The molecule has 12 heteroatoms. The molecule has 3 aromatic rings.